The number of rotatable bonds is 6. The molecule has 2 rings (SSSR count). The molecule has 0 aliphatic rings. The molecule has 0 fully saturated rings. The summed E-state index contributed by atoms with van der Waals surface area (Å²) in [6.45, 7) is 3.82. The van der Waals surface area contributed by atoms with Gasteiger partial charge in [-0.05, 0) is 30.5 Å². The third-order valence-electron chi connectivity index (χ3n) is 2.92. The van der Waals surface area contributed by atoms with Crippen LogP contribution in [0.5, 0.6) is 0 Å². The van der Waals surface area contributed by atoms with Crippen molar-refractivity contribution in [3.8, 4) is 0 Å². The summed E-state index contributed by atoms with van der Waals surface area (Å²) >= 11 is 3.61. The first-order valence-electron chi connectivity index (χ1n) is 6.94. The van der Waals surface area contributed by atoms with Gasteiger partial charge in [0.15, 0.2) is 5.96 Å². The van der Waals surface area contributed by atoms with Gasteiger partial charge >= 0.3 is 0 Å². The maximum Gasteiger partial charge on any atom is 0.191 e. The number of thiophene rings is 1. The van der Waals surface area contributed by atoms with E-state index in [1.54, 1.807) is 18.4 Å². The Morgan fingerprint density at radius 2 is 2.00 bits per heavy atom. The predicted molar refractivity (Wildman–Crippen MR) is 94.4 cm³/mol. The Labute approximate surface area is 134 Å². The van der Waals surface area contributed by atoms with E-state index >= 15 is 0 Å². The fraction of sp³-hybridized carbons (Fsp3) is 0.312. The molecular formula is C16H21N3S2. The lowest BCUT2D eigenvalue weighted by atomic mass is 10.2. The highest BCUT2D eigenvalue weighted by Crippen LogP contribution is 2.17. The zero-order valence-corrected chi connectivity index (χ0v) is 14.1. The molecule has 21 heavy (non-hydrogen) atoms. The van der Waals surface area contributed by atoms with E-state index in [2.05, 4.69) is 64.3 Å². The minimum atomic E-state index is 0.822. The van der Waals surface area contributed by atoms with Crippen molar-refractivity contribution >= 4 is 29.1 Å². The molecule has 0 saturated carbocycles. The minimum Gasteiger partial charge on any atom is -0.356 e. The summed E-state index contributed by atoms with van der Waals surface area (Å²) in [5.74, 6) is 1.87. The molecule has 2 aromatic rings. The number of hydrogen-bond donors (Lipinski definition) is 2. The van der Waals surface area contributed by atoms with Crippen molar-refractivity contribution in [2.45, 2.75) is 18.4 Å². The van der Waals surface area contributed by atoms with Gasteiger partial charge in [0.25, 0.3) is 0 Å². The molecule has 5 heteroatoms. The topological polar surface area (TPSA) is 36.4 Å². The van der Waals surface area contributed by atoms with Gasteiger partial charge in [0.05, 0.1) is 6.54 Å². The van der Waals surface area contributed by atoms with Gasteiger partial charge in [-0.3, -0.25) is 4.99 Å². The number of nitrogens with one attached hydrogen (secondary N) is 2. The van der Waals surface area contributed by atoms with Crippen molar-refractivity contribution in [3.63, 3.8) is 0 Å². The lowest BCUT2D eigenvalue weighted by Gasteiger charge is -2.11. The number of aryl methyl sites for hydroxylation is 1. The van der Waals surface area contributed by atoms with Crippen molar-refractivity contribution in [2.24, 2.45) is 4.99 Å². The number of thioether (sulfide) groups is 1. The van der Waals surface area contributed by atoms with E-state index in [1.807, 2.05) is 11.8 Å². The Balaban J connectivity index is 1.65. The molecule has 2 N–H and O–H groups in total. The molecule has 1 aromatic heterocycles. The maximum atomic E-state index is 4.23. The highest BCUT2D eigenvalue weighted by molar-refractivity contribution is 7.99. The van der Waals surface area contributed by atoms with Crippen LogP contribution in [-0.4, -0.2) is 25.3 Å². The largest absolute Gasteiger partial charge is 0.356 e. The molecule has 3 nitrogen and oxygen atoms in total. The molecule has 0 unspecified atom stereocenters. The van der Waals surface area contributed by atoms with Crippen molar-refractivity contribution in [2.75, 3.05) is 19.3 Å². The van der Waals surface area contributed by atoms with Crippen LogP contribution >= 0.6 is 23.1 Å². The summed E-state index contributed by atoms with van der Waals surface area (Å²) in [6.07, 6.45) is 0. The molecule has 1 aromatic carbocycles. The van der Waals surface area contributed by atoms with Crippen LogP contribution in [0.3, 0.4) is 0 Å². The molecule has 0 atom stereocenters. The molecule has 0 radical (unpaired) electrons. The first-order chi connectivity index (χ1) is 10.3. The lowest BCUT2D eigenvalue weighted by Crippen LogP contribution is -2.37. The summed E-state index contributed by atoms with van der Waals surface area (Å²) in [7, 11) is 1.80. The first-order valence-corrected chi connectivity index (χ1v) is 8.81. The van der Waals surface area contributed by atoms with Gasteiger partial charge in [-0.2, -0.15) is 0 Å². The van der Waals surface area contributed by atoms with E-state index in [0.717, 1.165) is 24.8 Å². The SMILES string of the molecule is CN=C(NCCSc1ccc(C)cc1)NCc1cccs1. The zero-order chi connectivity index (χ0) is 14.9. The van der Waals surface area contributed by atoms with E-state index in [4.69, 9.17) is 0 Å². The normalized spacial score (nSPS) is 11.4. The molecule has 0 saturated heterocycles. The molecule has 0 amide bonds. The van der Waals surface area contributed by atoms with E-state index < -0.39 is 0 Å². The Bertz CT molecular complexity index is 547. The number of hydrogen-bond acceptors (Lipinski definition) is 3. The number of aliphatic imine (C=N–C) groups is 1. The molecule has 0 aliphatic carbocycles. The molecule has 1 heterocycles. The average molecular weight is 319 g/mol. The highest BCUT2D eigenvalue weighted by atomic mass is 32.2. The average Bonchev–Trinajstić information content (AvgIpc) is 3.02. The standard InChI is InChI=1S/C16H21N3S2/c1-13-5-7-14(8-6-13)21-11-9-18-16(17-2)19-12-15-4-3-10-20-15/h3-8,10H,9,11-12H2,1-2H3,(H2,17,18,19). The van der Waals surface area contributed by atoms with Gasteiger partial charge in [0, 0.05) is 29.1 Å². The summed E-state index contributed by atoms with van der Waals surface area (Å²) < 4.78 is 0. The van der Waals surface area contributed by atoms with Gasteiger partial charge in [0.1, 0.15) is 0 Å². The number of nitrogens with zero attached hydrogens (tertiary/aromatic N) is 1. The molecule has 0 bridgehead atoms. The third kappa shape index (κ3) is 5.81. The lowest BCUT2D eigenvalue weighted by molar-refractivity contribution is 0.841. The van der Waals surface area contributed by atoms with Crippen molar-refractivity contribution in [3.05, 3.63) is 52.2 Å². The Kier molecular flexibility index (Phi) is 6.63. The summed E-state index contributed by atoms with van der Waals surface area (Å²) in [5.41, 5.74) is 1.30. The molecule has 0 aliphatic heterocycles. The Morgan fingerprint density at radius 1 is 1.19 bits per heavy atom. The Morgan fingerprint density at radius 3 is 2.67 bits per heavy atom. The predicted octanol–water partition coefficient (Wildman–Crippen LogP) is 3.51. The molecule has 0 spiro atoms. The van der Waals surface area contributed by atoms with Crippen LogP contribution in [0, 0.1) is 6.92 Å². The van der Waals surface area contributed by atoms with Gasteiger partial charge in [0.2, 0.25) is 0 Å². The van der Waals surface area contributed by atoms with Crippen LogP contribution in [0.1, 0.15) is 10.4 Å². The summed E-state index contributed by atoms with van der Waals surface area (Å²) in [6, 6.07) is 12.8. The zero-order valence-electron chi connectivity index (χ0n) is 12.4. The smallest absolute Gasteiger partial charge is 0.191 e. The van der Waals surface area contributed by atoms with Crippen LogP contribution in [0.25, 0.3) is 0 Å². The second-order valence-electron chi connectivity index (χ2n) is 4.59. The van der Waals surface area contributed by atoms with E-state index in [1.165, 1.54) is 15.3 Å². The van der Waals surface area contributed by atoms with Crippen LogP contribution < -0.4 is 10.6 Å². The second-order valence-corrected chi connectivity index (χ2v) is 6.79. The fourth-order valence-electron chi connectivity index (χ4n) is 1.78. The molecular weight excluding hydrogens is 298 g/mol. The van der Waals surface area contributed by atoms with E-state index in [-0.39, 0.29) is 0 Å². The minimum absolute atomic E-state index is 0.822. The van der Waals surface area contributed by atoms with E-state index in [9.17, 15) is 0 Å². The van der Waals surface area contributed by atoms with Gasteiger partial charge < -0.3 is 10.6 Å². The van der Waals surface area contributed by atoms with Crippen LogP contribution in [-0.2, 0) is 6.54 Å². The first kappa shape index (κ1) is 15.9. The van der Waals surface area contributed by atoms with Gasteiger partial charge in [-0.25, -0.2) is 0 Å². The quantitative estimate of drug-likeness (QED) is 0.370. The van der Waals surface area contributed by atoms with Crippen LogP contribution in [0.2, 0.25) is 0 Å². The van der Waals surface area contributed by atoms with Crippen molar-refractivity contribution < 1.29 is 0 Å². The van der Waals surface area contributed by atoms with Gasteiger partial charge in [-0.1, -0.05) is 23.8 Å². The van der Waals surface area contributed by atoms with Crippen LogP contribution in [0.15, 0.2) is 51.7 Å². The van der Waals surface area contributed by atoms with E-state index in [0.29, 0.717) is 0 Å². The summed E-state index contributed by atoms with van der Waals surface area (Å²) in [5, 5.41) is 8.74. The Hall–Kier alpha value is -1.46. The molecule has 112 valence electrons. The fourth-order valence-corrected chi connectivity index (χ4v) is 3.19. The van der Waals surface area contributed by atoms with Gasteiger partial charge in [-0.15, -0.1) is 23.1 Å². The maximum absolute atomic E-state index is 4.23. The van der Waals surface area contributed by atoms with Crippen molar-refractivity contribution in [1.29, 1.82) is 0 Å². The van der Waals surface area contributed by atoms with Crippen molar-refractivity contribution in [1.82, 2.24) is 10.6 Å². The monoisotopic (exact) mass is 319 g/mol. The highest BCUT2D eigenvalue weighted by Gasteiger charge is 1.99. The summed E-state index contributed by atoms with van der Waals surface area (Å²) in [4.78, 5) is 6.85. The van der Waals surface area contributed by atoms with Crippen LogP contribution in [0.4, 0.5) is 0 Å². The second kappa shape index (κ2) is 8.74. The number of guanidine groups is 1. The third-order valence-corrected chi connectivity index (χ3v) is 4.81. The number of benzene rings is 1.